The molecule has 0 radical (unpaired) electrons. The highest BCUT2D eigenvalue weighted by Crippen LogP contribution is 2.42. The Labute approximate surface area is 230 Å². The fourth-order valence-electron chi connectivity index (χ4n) is 4.16. The fraction of sp³-hybridized carbons (Fsp3) is 0.233. The number of nitrogens with one attached hydrogen (secondary N) is 1. The van der Waals surface area contributed by atoms with Crippen molar-refractivity contribution in [3.63, 3.8) is 0 Å². The number of carbonyl (C=O) groups excluding carboxylic acids is 2. The van der Waals surface area contributed by atoms with Gasteiger partial charge in [0.05, 0.1) is 11.3 Å². The van der Waals surface area contributed by atoms with Gasteiger partial charge in [-0.3, -0.25) is 14.5 Å². The van der Waals surface area contributed by atoms with Crippen LogP contribution in [0.3, 0.4) is 0 Å². The SMILES string of the molecule is CC(C)c1ccc(N2C(=O)C(Cc3ccc(Br)cc3)S/C2=C(/C#N)C(=O)NC(C)c2ccccc2)cc1. The van der Waals surface area contributed by atoms with Crippen LogP contribution in [0.2, 0.25) is 0 Å². The smallest absolute Gasteiger partial charge is 0.265 e. The number of amides is 2. The summed E-state index contributed by atoms with van der Waals surface area (Å²) in [5.74, 6) is -0.295. The van der Waals surface area contributed by atoms with E-state index in [1.807, 2.05) is 85.8 Å². The van der Waals surface area contributed by atoms with Gasteiger partial charge in [0.1, 0.15) is 16.7 Å². The van der Waals surface area contributed by atoms with Crippen molar-refractivity contribution in [1.29, 1.82) is 5.26 Å². The van der Waals surface area contributed by atoms with Gasteiger partial charge in [-0.1, -0.05) is 96.1 Å². The zero-order valence-electron chi connectivity index (χ0n) is 20.9. The van der Waals surface area contributed by atoms with E-state index in [1.54, 1.807) is 0 Å². The molecule has 3 aromatic rings. The molecule has 1 aliphatic heterocycles. The largest absolute Gasteiger partial charge is 0.345 e. The average molecular weight is 575 g/mol. The summed E-state index contributed by atoms with van der Waals surface area (Å²) < 4.78 is 0.963. The minimum atomic E-state index is -0.498. The second-order valence-electron chi connectivity index (χ2n) is 9.25. The monoisotopic (exact) mass is 573 g/mol. The van der Waals surface area contributed by atoms with Gasteiger partial charge in [-0.25, -0.2) is 0 Å². The van der Waals surface area contributed by atoms with E-state index < -0.39 is 11.2 Å². The van der Waals surface area contributed by atoms with Crippen LogP contribution in [-0.2, 0) is 16.0 Å². The highest BCUT2D eigenvalue weighted by molar-refractivity contribution is 9.10. The maximum Gasteiger partial charge on any atom is 0.265 e. The van der Waals surface area contributed by atoms with E-state index in [4.69, 9.17) is 0 Å². The van der Waals surface area contributed by atoms with E-state index >= 15 is 0 Å². The van der Waals surface area contributed by atoms with Gasteiger partial charge in [-0.2, -0.15) is 5.26 Å². The molecule has 1 N–H and O–H groups in total. The first-order chi connectivity index (χ1) is 17.8. The van der Waals surface area contributed by atoms with Crippen molar-refractivity contribution < 1.29 is 9.59 Å². The van der Waals surface area contributed by atoms with Gasteiger partial charge in [0.15, 0.2) is 0 Å². The molecule has 0 aliphatic carbocycles. The van der Waals surface area contributed by atoms with Crippen LogP contribution in [0.1, 0.15) is 49.4 Å². The number of nitriles is 1. The Morgan fingerprint density at radius 2 is 1.65 bits per heavy atom. The van der Waals surface area contributed by atoms with Crippen LogP contribution >= 0.6 is 27.7 Å². The molecule has 7 heteroatoms. The van der Waals surface area contributed by atoms with Crippen molar-refractivity contribution in [1.82, 2.24) is 5.32 Å². The summed E-state index contributed by atoms with van der Waals surface area (Å²) >= 11 is 4.72. The van der Waals surface area contributed by atoms with Crippen molar-refractivity contribution >= 4 is 45.2 Å². The van der Waals surface area contributed by atoms with Crippen LogP contribution in [0.5, 0.6) is 0 Å². The molecule has 2 atom stereocenters. The summed E-state index contributed by atoms with van der Waals surface area (Å²) in [6.45, 7) is 6.09. The number of hydrogen-bond acceptors (Lipinski definition) is 4. The molecular formula is C30H28BrN3O2S. The number of benzene rings is 3. The molecule has 4 rings (SSSR count). The van der Waals surface area contributed by atoms with Crippen molar-refractivity contribution in [3.8, 4) is 6.07 Å². The minimum Gasteiger partial charge on any atom is -0.345 e. The number of rotatable bonds is 7. The van der Waals surface area contributed by atoms with Gasteiger partial charge < -0.3 is 5.32 Å². The van der Waals surface area contributed by atoms with Crippen LogP contribution in [0, 0.1) is 11.3 Å². The molecule has 0 saturated carbocycles. The molecule has 1 saturated heterocycles. The van der Waals surface area contributed by atoms with E-state index in [2.05, 4.69) is 41.2 Å². The van der Waals surface area contributed by atoms with E-state index in [-0.39, 0.29) is 17.5 Å². The van der Waals surface area contributed by atoms with Gasteiger partial charge in [0.2, 0.25) is 5.91 Å². The number of hydrogen-bond donors (Lipinski definition) is 1. The van der Waals surface area contributed by atoms with Gasteiger partial charge >= 0.3 is 0 Å². The lowest BCUT2D eigenvalue weighted by atomic mass is 10.0. The van der Waals surface area contributed by atoms with Gasteiger partial charge in [0, 0.05) is 10.2 Å². The van der Waals surface area contributed by atoms with Crippen molar-refractivity contribution in [2.45, 2.75) is 44.4 Å². The summed E-state index contributed by atoms with van der Waals surface area (Å²) in [6, 6.07) is 26.9. The third kappa shape index (κ3) is 6.15. The van der Waals surface area contributed by atoms with Crippen LogP contribution in [-0.4, -0.2) is 17.1 Å². The van der Waals surface area contributed by atoms with Crippen molar-refractivity contribution in [2.75, 3.05) is 4.90 Å². The Morgan fingerprint density at radius 1 is 1.00 bits per heavy atom. The minimum absolute atomic E-state index is 0.0626. The number of thioether (sulfide) groups is 1. The van der Waals surface area contributed by atoms with Gasteiger partial charge in [0.25, 0.3) is 5.91 Å². The second-order valence-corrected chi connectivity index (χ2v) is 11.4. The Balaban J connectivity index is 1.70. The fourth-order valence-corrected chi connectivity index (χ4v) is 5.73. The first-order valence-corrected chi connectivity index (χ1v) is 13.8. The maximum absolute atomic E-state index is 13.7. The van der Waals surface area contributed by atoms with Crippen LogP contribution < -0.4 is 10.2 Å². The third-order valence-electron chi connectivity index (χ3n) is 6.31. The lowest BCUT2D eigenvalue weighted by Gasteiger charge is -2.20. The number of carbonyl (C=O) groups is 2. The lowest BCUT2D eigenvalue weighted by molar-refractivity contribution is -0.117. The molecular weight excluding hydrogens is 546 g/mol. The summed E-state index contributed by atoms with van der Waals surface area (Å²) in [5.41, 5.74) is 3.67. The first-order valence-electron chi connectivity index (χ1n) is 12.1. The lowest BCUT2D eigenvalue weighted by Crippen LogP contribution is -2.32. The van der Waals surface area contributed by atoms with E-state index in [0.29, 0.717) is 23.1 Å². The summed E-state index contributed by atoms with van der Waals surface area (Å²) in [4.78, 5) is 28.6. The highest BCUT2D eigenvalue weighted by atomic mass is 79.9. The molecule has 1 aliphatic rings. The predicted octanol–water partition coefficient (Wildman–Crippen LogP) is 6.88. The first kappa shape index (κ1) is 26.7. The highest BCUT2D eigenvalue weighted by Gasteiger charge is 2.41. The molecule has 3 aromatic carbocycles. The molecule has 1 fully saturated rings. The number of anilines is 1. The van der Waals surface area contributed by atoms with E-state index in [0.717, 1.165) is 21.2 Å². The normalized spacial score (nSPS) is 17.5. The predicted molar refractivity (Wildman–Crippen MR) is 153 cm³/mol. The maximum atomic E-state index is 13.7. The standard InChI is InChI=1S/C30H28BrN3O2S/c1-19(2)22-11-15-25(16-12-22)34-29(36)27(17-21-9-13-24(31)14-10-21)37-30(34)26(18-32)28(35)33-20(3)23-7-5-4-6-8-23/h4-16,19-20,27H,17H2,1-3H3,(H,33,35)/b30-26-. The molecule has 2 amide bonds. The van der Waals surface area contributed by atoms with Crippen molar-refractivity contribution in [2.24, 2.45) is 0 Å². The second kappa shape index (κ2) is 11.8. The van der Waals surface area contributed by atoms with E-state index in [1.165, 1.54) is 16.7 Å². The van der Waals surface area contributed by atoms with Crippen molar-refractivity contribution in [3.05, 3.63) is 111 Å². The molecule has 1 heterocycles. The molecule has 5 nitrogen and oxygen atoms in total. The Kier molecular flexibility index (Phi) is 8.52. The van der Waals surface area contributed by atoms with E-state index in [9.17, 15) is 14.9 Å². The topological polar surface area (TPSA) is 73.2 Å². The average Bonchev–Trinajstić information content (AvgIpc) is 3.21. The Hall–Kier alpha value is -3.34. The molecule has 37 heavy (non-hydrogen) atoms. The Morgan fingerprint density at radius 3 is 2.24 bits per heavy atom. The van der Waals surface area contributed by atoms with Gasteiger partial charge in [-0.15, -0.1) is 0 Å². The molecule has 2 unspecified atom stereocenters. The molecule has 188 valence electrons. The quantitative estimate of drug-likeness (QED) is 0.247. The molecule has 0 bridgehead atoms. The summed E-state index contributed by atoms with van der Waals surface area (Å²) in [6.07, 6.45) is 0.488. The zero-order chi connectivity index (χ0) is 26.5. The summed E-state index contributed by atoms with van der Waals surface area (Å²) in [7, 11) is 0. The molecule has 0 aromatic heterocycles. The van der Waals surface area contributed by atoms with Crippen LogP contribution in [0.25, 0.3) is 0 Å². The van der Waals surface area contributed by atoms with Crippen LogP contribution in [0.4, 0.5) is 5.69 Å². The number of halogens is 1. The third-order valence-corrected chi connectivity index (χ3v) is 8.10. The molecule has 0 spiro atoms. The van der Waals surface area contributed by atoms with Gasteiger partial charge in [-0.05, 0) is 60.2 Å². The zero-order valence-corrected chi connectivity index (χ0v) is 23.3. The summed E-state index contributed by atoms with van der Waals surface area (Å²) in [5, 5.41) is 12.9. The number of nitrogens with zero attached hydrogens (tertiary/aromatic N) is 2. The Bertz CT molecular complexity index is 1350. The van der Waals surface area contributed by atoms with Crippen LogP contribution in [0.15, 0.2) is 93.9 Å².